The predicted molar refractivity (Wildman–Crippen MR) is 62.1 cm³/mol. The smallest absolute Gasteiger partial charge is 0.347 e. The predicted octanol–water partition coefficient (Wildman–Crippen LogP) is 2.07. The van der Waals surface area contributed by atoms with Gasteiger partial charge >= 0.3 is 11.9 Å². The van der Waals surface area contributed by atoms with Gasteiger partial charge in [-0.25, -0.2) is 4.79 Å². The molecule has 0 aliphatic rings. The second-order valence-corrected chi connectivity index (χ2v) is 3.58. The van der Waals surface area contributed by atoms with Crippen molar-refractivity contribution in [2.45, 2.75) is 33.0 Å². The average molecular weight is 236 g/mol. The van der Waals surface area contributed by atoms with Crippen LogP contribution in [0.1, 0.15) is 25.8 Å². The summed E-state index contributed by atoms with van der Waals surface area (Å²) in [5.41, 5.74) is 0.898. The minimum Gasteiger partial charge on any atom is -0.458 e. The molecule has 4 nitrogen and oxygen atoms in total. The van der Waals surface area contributed by atoms with Crippen LogP contribution in [-0.2, 0) is 25.7 Å². The lowest BCUT2D eigenvalue weighted by Gasteiger charge is -2.12. The third kappa shape index (κ3) is 4.68. The van der Waals surface area contributed by atoms with E-state index in [2.05, 4.69) is 0 Å². The van der Waals surface area contributed by atoms with Crippen LogP contribution in [0, 0.1) is 0 Å². The molecule has 0 N–H and O–H groups in total. The standard InChI is InChI=1S/C13H16O4/c1-3-12(14)17-10(2)13(15)16-9-11-7-5-4-6-8-11/h4-8,10H,3,9H2,1-2H3/t10-/m0/s1. The van der Waals surface area contributed by atoms with E-state index in [1.165, 1.54) is 6.92 Å². The molecule has 0 unspecified atom stereocenters. The molecule has 17 heavy (non-hydrogen) atoms. The number of carbonyl (C=O) groups is 2. The molecule has 0 fully saturated rings. The lowest BCUT2D eigenvalue weighted by atomic mass is 10.2. The van der Waals surface area contributed by atoms with Gasteiger partial charge in [-0.15, -0.1) is 0 Å². The Morgan fingerprint density at radius 2 is 1.88 bits per heavy atom. The zero-order valence-corrected chi connectivity index (χ0v) is 10.0. The highest BCUT2D eigenvalue weighted by Crippen LogP contribution is 2.03. The maximum atomic E-state index is 11.5. The molecule has 1 rings (SSSR count). The first-order chi connectivity index (χ1) is 8.13. The number of rotatable bonds is 5. The van der Waals surface area contributed by atoms with E-state index >= 15 is 0 Å². The molecule has 0 bridgehead atoms. The quantitative estimate of drug-likeness (QED) is 0.734. The van der Waals surface area contributed by atoms with Gasteiger partial charge in [-0.3, -0.25) is 4.79 Å². The molecule has 0 spiro atoms. The Labute approximate surface area is 101 Å². The fraction of sp³-hybridized carbons (Fsp3) is 0.385. The first-order valence-electron chi connectivity index (χ1n) is 5.53. The second kappa shape index (κ2) is 6.68. The maximum absolute atomic E-state index is 11.5. The van der Waals surface area contributed by atoms with Gasteiger partial charge in [-0.2, -0.15) is 0 Å². The molecular formula is C13H16O4. The second-order valence-electron chi connectivity index (χ2n) is 3.58. The van der Waals surface area contributed by atoms with Gasteiger partial charge < -0.3 is 9.47 Å². The molecule has 0 aromatic heterocycles. The minimum atomic E-state index is -0.855. The van der Waals surface area contributed by atoms with E-state index in [1.807, 2.05) is 30.3 Å². The van der Waals surface area contributed by atoms with Crippen LogP contribution in [0.4, 0.5) is 0 Å². The summed E-state index contributed by atoms with van der Waals surface area (Å²) in [6.07, 6.45) is -0.609. The van der Waals surface area contributed by atoms with E-state index in [1.54, 1.807) is 6.92 Å². The van der Waals surface area contributed by atoms with Crippen LogP contribution in [0.2, 0.25) is 0 Å². The van der Waals surface area contributed by atoms with Crippen LogP contribution in [0.25, 0.3) is 0 Å². The molecule has 1 atom stereocenters. The Hall–Kier alpha value is -1.84. The first kappa shape index (κ1) is 13.2. The van der Waals surface area contributed by atoms with Gasteiger partial charge in [0, 0.05) is 6.42 Å². The summed E-state index contributed by atoms with van der Waals surface area (Å²) in [5, 5.41) is 0. The normalized spacial score (nSPS) is 11.6. The van der Waals surface area contributed by atoms with Crippen molar-refractivity contribution >= 4 is 11.9 Å². The number of ether oxygens (including phenoxy) is 2. The highest BCUT2D eigenvalue weighted by molar-refractivity contribution is 5.78. The van der Waals surface area contributed by atoms with Crippen LogP contribution in [0.5, 0.6) is 0 Å². The zero-order valence-electron chi connectivity index (χ0n) is 10.0. The summed E-state index contributed by atoms with van der Waals surface area (Å²) in [5.74, 6) is -0.940. The molecule has 1 aromatic rings. The molecule has 0 heterocycles. The van der Waals surface area contributed by atoms with Crippen molar-refractivity contribution in [3.05, 3.63) is 35.9 Å². The number of esters is 2. The number of benzene rings is 1. The van der Waals surface area contributed by atoms with E-state index in [9.17, 15) is 9.59 Å². The van der Waals surface area contributed by atoms with Gasteiger partial charge in [0.15, 0.2) is 6.10 Å². The van der Waals surface area contributed by atoms with E-state index in [4.69, 9.17) is 9.47 Å². The Balaban J connectivity index is 2.37. The van der Waals surface area contributed by atoms with E-state index in [0.717, 1.165) is 5.56 Å². The summed E-state index contributed by atoms with van der Waals surface area (Å²) < 4.78 is 9.86. The third-order valence-corrected chi connectivity index (χ3v) is 2.15. The van der Waals surface area contributed by atoms with Crippen LogP contribution in [-0.4, -0.2) is 18.0 Å². The first-order valence-corrected chi connectivity index (χ1v) is 5.53. The molecule has 4 heteroatoms. The fourth-order valence-electron chi connectivity index (χ4n) is 1.17. The average Bonchev–Trinajstić information content (AvgIpc) is 2.36. The van der Waals surface area contributed by atoms with Gasteiger partial charge in [0.1, 0.15) is 6.61 Å². The maximum Gasteiger partial charge on any atom is 0.347 e. The summed E-state index contributed by atoms with van der Waals surface area (Å²) in [6.45, 7) is 3.36. The van der Waals surface area contributed by atoms with Crippen LogP contribution in [0.15, 0.2) is 30.3 Å². The third-order valence-electron chi connectivity index (χ3n) is 2.15. The van der Waals surface area contributed by atoms with Crippen molar-refractivity contribution in [1.82, 2.24) is 0 Å². The number of carbonyl (C=O) groups excluding carboxylic acids is 2. The molecule has 92 valence electrons. The lowest BCUT2D eigenvalue weighted by molar-refractivity contribution is -0.167. The summed E-state index contributed by atoms with van der Waals surface area (Å²) in [7, 11) is 0. The molecule has 0 aliphatic carbocycles. The molecule has 1 aromatic carbocycles. The summed E-state index contributed by atoms with van der Waals surface area (Å²) >= 11 is 0. The Morgan fingerprint density at radius 3 is 2.47 bits per heavy atom. The van der Waals surface area contributed by atoms with Gasteiger partial charge in [0.05, 0.1) is 0 Å². The van der Waals surface area contributed by atoms with E-state index < -0.39 is 18.0 Å². The minimum absolute atomic E-state index is 0.188. The van der Waals surface area contributed by atoms with Gasteiger partial charge in [-0.1, -0.05) is 37.3 Å². The molecule has 0 saturated carbocycles. The van der Waals surface area contributed by atoms with Crippen molar-refractivity contribution in [2.24, 2.45) is 0 Å². The Morgan fingerprint density at radius 1 is 1.24 bits per heavy atom. The highest BCUT2D eigenvalue weighted by atomic mass is 16.6. The number of hydrogen-bond acceptors (Lipinski definition) is 4. The molecule has 0 saturated heterocycles. The van der Waals surface area contributed by atoms with Crippen LogP contribution in [0.3, 0.4) is 0 Å². The van der Waals surface area contributed by atoms with Crippen LogP contribution >= 0.6 is 0 Å². The van der Waals surface area contributed by atoms with Crippen molar-refractivity contribution in [1.29, 1.82) is 0 Å². The zero-order chi connectivity index (χ0) is 12.7. The fourth-order valence-corrected chi connectivity index (χ4v) is 1.17. The van der Waals surface area contributed by atoms with Gasteiger partial charge in [0.25, 0.3) is 0 Å². The molecular weight excluding hydrogens is 220 g/mol. The molecule has 0 radical (unpaired) electrons. The highest BCUT2D eigenvalue weighted by Gasteiger charge is 2.18. The Kier molecular flexibility index (Phi) is 5.20. The molecule has 0 aliphatic heterocycles. The van der Waals surface area contributed by atoms with E-state index in [0.29, 0.717) is 0 Å². The van der Waals surface area contributed by atoms with Crippen molar-refractivity contribution in [2.75, 3.05) is 0 Å². The largest absolute Gasteiger partial charge is 0.458 e. The monoisotopic (exact) mass is 236 g/mol. The molecule has 0 amide bonds. The van der Waals surface area contributed by atoms with Gasteiger partial charge in [0.2, 0.25) is 0 Å². The van der Waals surface area contributed by atoms with Crippen molar-refractivity contribution < 1.29 is 19.1 Å². The van der Waals surface area contributed by atoms with Crippen LogP contribution < -0.4 is 0 Å². The van der Waals surface area contributed by atoms with E-state index in [-0.39, 0.29) is 13.0 Å². The van der Waals surface area contributed by atoms with Crippen molar-refractivity contribution in [3.8, 4) is 0 Å². The SMILES string of the molecule is CCC(=O)O[C@@H](C)C(=O)OCc1ccccc1. The summed E-state index contributed by atoms with van der Waals surface area (Å²) in [4.78, 5) is 22.4. The topological polar surface area (TPSA) is 52.6 Å². The van der Waals surface area contributed by atoms with Gasteiger partial charge in [-0.05, 0) is 12.5 Å². The van der Waals surface area contributed by atoms with Crippen molar-refractivity contribution in [3.63, 3.8) is 0 Å². The Bertz CT molecular complexity index is 372. The lowest BCUT2D eigenvalue weighted by Crippen LogP contribution is -2.25. The number of hydrogen-bond donors (Lipinski definition) is 0. The summed E-state index contributed by atoms with van der Waals surface area (Å²) in [6, 6.07) is 9.33.